The zero-order valence-corrected chi connectivity index (χ0v) is 15.1. The highest BCUT2D eigenvalue weighted by molar-refractivity contribution is 5.92. The van der Waals surface area contributed by atoms with Gasteiger partial charge < -0.3 is 0 Å². The summed E-state index contributed by atoms with van der Waals surface area (Å²) in [6.45, 7) is 7.65. The van der Waals surface area contributed by atoms with E-state index >= 15 is 0 Å². The third-order valence-corrected chi connectivity index (χ3v) is 3.69. The zero-order chi connectivity index (χ0) is 19.1. The number of hydrogen-bond acceptors (Lipinski definition) is 3. The summed E-state index contributed by atoms with van der Waals surface area (Å²) in [6, 6.07) is 6.68. The molecule has 0 bridgehead atoms. The lowest BCUT2D eigenvalue weighted by atomic mass is 9.92. The van der Waals surface area contributed by atoms with E-state index < -0.39 is 11.6 Å². The Balaban J connectivity index is 2.15. The van der Waals surface area contributed by atoms with Crippen LogP contribution in [-0.4, -0.2) is 20.4 Å². The van der Waals surface area contributed by atoms with Crippen LogP contribution in [0.15, 0.2) is 30.3 Å². The average Bonchev–Trinajstić information content (AvgIpc) is 2.80. The van der Waals surface area contributed by atoms with E-state index in [1.807, 2.05) is 20.8 Å². The third-order valence-electron chi connectivity index (χ3n) is 3.69. The van der Waals surface area contributed by atoms with E-state index in [1.165, 1.54) is 16.7 Å². The summed E-state index contributed by atoms with van der Waals surface area (Å²) in [5, 5.41) is 2.74. The van der Waals surface area contributed by atoms with Crippen LogP contribution < -0.4 is 5.32 Å². The summed E-state index contributed by atoms with van der Waals surface area (Å²) in [7, 11) is 0. The molecule has 1 amide bonds. The van der Waals surface area contributed by atoms with Gasteiger partial charge in [0, 0.05) is 18.2 Å². The van der Waals surface area contributed by atoms with Crippen LogP contribution >= 0.6 is 0 Å². The van der Waals surface area contributed by atoms with Crippen LogP contribution in [0, 0.1) is 24.0 Å². The minimum absolute atomic E-state index is 0.178. The molecule has 0 fully saturated rings. The van der Waals surface area contributed by atoms with E-state index in [2.05, 4.69) is 15.3 Å². The van der Waals surface area contributed by atoms with Crippen LogP contribution in [0.1, 0.15) is 32.9 Å². The molecule has 3 rings (SSSR count). The first-order valence-electron chi connectivity index (χ1n) is 8.25. The van der Waals surface area contributed by atoms with Gasteiger partial charge in [0.1, 0.15) is 17.2 Å². The summed E-state index contributed by atoms with van der Waals surface area (Å²) in [5.74, 6) is -1.50. The molecule has 0 aliphatic carbocycles. The van der Waals surface area contributed by atoms with Gasteiger partial charge >= 0.3 is 0 Å². The normalized spacial score (nSPS) is 11.8. The standard InChI is InChI=1S/C19H20F2N4O/c1-11-5-6-15-17(22-11)25(14-8-12(20)7-13(21)9-14)18(23-15)24-16(26)10-19(2,3)4/h5-9H,10H2,1-4H3,(H,23,24,26). The Hall–Kier alpha value is -2.83. The molecule has 2 aromatic heterocycles. The molecule has 7 heteroatoms. The first-order valence-corrected chi connectivity index (χ1v) is 8.25. The van der Waals surface area contributed by atoms with E-state index in [4.69, 9.17) is 0 Å². The van der Waals surface area contributed by atoms with Crippen LogP contribution in [0.5, 0.6) is 0 Å². The van der Waals surface area contributed by atoms with Crippen molar-refractivity contribution < 1.29 is 13.6 Å². The highest BCUT2D eigenvalue weighted by atomic mass is 19.1. The monoisotopic (exact) mass is 358 g/mol. The molecule has 0 atom stereocenters. The fourth-order valence-electron chi connectivity index (χ4n) is 2.70. The molecule has 1 N–H and O–H groups in total. The lowest BCUT2D eigenvalue weighted by Gasteiger charge is -2.17. The summed E-state index contributed by atoms with van der Waals surface area (Å²) >= 11 is 0. The maximum absolute atomic E-state index is 13.7. The lowest BCUT2D eigenvalue weighted by Crippen LogP contribution is -2.21. The first-order chi connectivity index (χ1) is 12.1. The van der Waals surface area contributed by atoms with Crippen molar-refractivity contribution in [3.05, 3.63) is 47.7 Å². The van der Waals surface area contributed by atoms with Crippen molar-refractivity contribution in [1.82, 2.24) is 14.5 Å². The molecular weight excluding hydrogens is 338 g/mol. The Labute approximate surface area is 150 Å². The van der Waals surface area contributed by atoms with Gasteiger partial charge in [-0.2, -0.15) is 0 Å². The molecule has 136 valence electrons. The molecule has 2 heterocycles. The van der Waals surface area contributed by atoms with Gasteiger partial charge in [-0.1, -0.05) is 20.8 Å². The van der Waals surface area contributed by atoms with Crippen LogP contribution in [0.4, 0.5) is 14.7 Å². The Kier molecular flexibility index (Phi) is 4.48. The van der Waals surface area contributed by atoms with Crippen molar-refractivity contribution in [2.24, 2.45) is 5.41 Å². The molecule has 26 heavy (non-hydrogen) atoms. The van der Waals surface area contributed by atoms with Crippen LogP contribution in [0.25, 0.3) is 16.9 Å². The first kappa shape index (κ1) is 18.0. The number of halogens is 2. The van der Waals surface area contributed by atoms with Crippen molar-refractivity contribution in [2.75, 3.05) is 5.32 Å². The van der Waals surface area contributed by atoms with Crippen LogP contribution in [-0.2, 0) is 4.79 Å². The van der Waals surface area contributed by atoms with Gasteiger partial charge in [0.05, 0.1) is 5.69 Å². The van der Waals surface area contributed by atoms with E-state index in [1.54, 1.807) is 19.1 Å². The molecule has 3 aromatic rings. The van der Waals surface area contributed by atoms with Gasteiger partial charge in [0.15, 0.2) is 5.65 Å². The smallest absolute Gasteiger partial charge is 0.227 e. The summed E-state index contributed by atoms with van der Waals surface area (Å²) in [4.78, 5) is 21.2. The molecule has 0 saturated carbocycles. The second-order valence-corrected chi connectivity index (χ2v) is 7.48. The fourth-order valence-corrected chi connectivity index (χ4v) is 2.70. The minimum atomic E-state index is -0.721. The van der Waals surface area contributed by atoms with E-state index in [9.17, 15) is 13.6 Å². The van der Waals surface area contributed by atoms with Crippen molar-refractivity contribution in [1.29, 1.82) is 0 Å². The number of anilines is 1. The number of nitrogens with one attached hydrogen (secondary N) is 1. The molecule has 0 aliphatic heterocycles. The molecule has 5 nitrogen and oxygen atoms in total. The number of aryl methyl sites for hydroxylation is 1. The molecule has 0 saturated heterocycles. The van der Waals surface area contributed by atoms with Gasteiger partial charge in [-0.15, -0.1) is 0 Å². The number of nitrogens with zero attached hydrogens (tertiary/aromatic N) is 3. The maximum atomic E-state index is 13.7. The largest absolute Gasteiger partial charge is 0.296 e. The number of imidazole rings is 1. The van der Waals surface area contributed by atoms with Crippen LogP contribution in [0.2, 0.25) is 0 Å². The number of pyridine rings is 1. The number of aromatic nitrogens is 3. The van der Waals surface area contributed by atoms with E-state index in [0.29, 0.717) is 11.2 Å². The van der Waals surface area contributed by atoms with Crippen molar-refractivity contribution >= 4 is 23.0 Å². The van der Waals surface area contributed by atoms with Gasteiger partial charge in [0.2, 0.25) is 11.9 Å². The number of amides is 1. The van der Waals surface area contributed by atoms with Gasteiger partial charge in [-0.25, -0.2) is 18.7 Å². The summed E-state index contributed by atoms with van der Waals surface area (Å²) < 4.78 is 28.9. The molecule has 0 radical (unpaired) electrons. The third kappa shape index (κ3) is 3.87. The highest BCUT2D eigenvalue weighted by Gasteiger charge is 2.20. The zero-order valence-electron chi connectivity index (χ0n) is 15.1. The van der Waals surface area contributed by atoms with Gasteiger partial charge in [0.25, 0.3) is 0 Å². The lowest BCUT2D eigenvalue weighted by molar-refractivity contribution is -0.117. The van der Waals surface area contributed by atoms with Gasteiger partial charge in [-0.05, 0) is 36.6 Å². The molecule has 0 unspecified atom stereocenters. The van der Waals surface area contributed by atoms with E-state index in [-0.39, 0.29) is 29.4 Å². The predicted octanol–water partition coefficient (Wildman–Crippen LogP) is 4.38. The van der Waals surface area contributed by atoms with Crippen molar-refractivity contribution in [3.63, 3.8) is 0 Å². The SMILES string of the molecule is Cc1ccc2nc(NC(=O)CC(C)(C)C)n(-c3cc(F)cc(F)c3)c2n1. The number of rotatable bonds is 3. The van der Waals surface area contributed by atoms with Crippen LogP contribution in [0.3, 0.4) is 0 Å². The average molecular weight is 358 g/mol. The highest BCUT2D eigenvalue weighted by Crippen LogP contribution is 2.26. The Bertz CT molecular complexity index is 969. The van der Waals surface area contributed by atoms with Gasteiger partial charge in [-0.3, -0.25) is 14.7 Å². The second-order valence-electron chi connectivity index (χ2n) is 7.48. The van der Waals surface area contributed by atoms with Crippen molar-refractivity contribution in [3.8, 4) is 5.69 Å². The fraction of sp³-hybridized carbons (Fsp3) is 0.316. The topological polar surface area (TPSA) is 59.8 Å². The summed E-state index contributed by atoms with van der Waals surface area (Å²) in [6.07, 6.45) is 0.278. The minimum Gasteiger partial charge on any atom is -0.296 e. The molecule has 1 aromatic carbocycles. The number of carbonyl (C=O) groups excluding carboxylic acids is 1. The molecule has 0 spiro atoms. The second kappa shape index (κ2) is 6.48. The quantitative estimate of drug-likeness (QED) is 0.756. The number of hydrogen-bond donors (Lipinski definition) is 1. The Morgan fingerprint density at radius 3 is 2.38 bits per heavy atom. The van der Waals surface area contributed by atoms with Crippen molar-refractivity contribution in [2.45, 2.75) is 34.1 Å². The summed E-state index contributed by atoms with van der Waals surface area (Å²) in [5.41, 5.74) is 1.66. The molecular formula is C19H20F2N4O. The number of carbonyl (C=O) groups is 1. The maximum Gasteiger partial charge on any atom is 0.227 e. The number of fused-ring (bicyclic) bond motifs is 1. The predicted molar refractivity (Wildman–Crippen MR) is 96.2 cm³/mol. The number of benzene rings is 1. The Morgan fingerprint density at radius 2 is 1.77 bits per heavy atom. The molecule has 0 aliphatic rings. The Morgan fingerprint density at radius 1 is 1.12 bits per heavy atom. The van der Waals surface area contributed by atoms with E-state index in [0.717, 1.165) is 11.8 Å².